The Morgan fingerprint density at radius 2 is 1.45 bits per heavy atom. The second kappa shape index (κ2) is 11.3. The predicted molar refractivity (Wildman–Crippen MR) is 109 cm³/mol. The van der Waals surface area contributed by atoms with Gasteiger partial charge in [0.05, 0.1) is 7.11 Å². The standard InChI is InChI=1S/C21H25N3O5/c1-3-19(25)22-12-13-23-21(27)15-4-6-16(7-5-15)24-20(26)14-29-18-10-8-17(28-2)9-11-18/h4-11H,3,12-14H2,1-2H3,(H,22,25)(H,23,27)(H,24,26). The average molecular weight is 399 g/mol. The summed E-state index contributed by atoms with van der Waals surface area (Å²) >= 11 is 0. The second-order valence-electron chi connectivity index (χ2n) is 6.05. The number of anilines is 1. The molecule has 2 rings (SSSR count). The number of carbonyl (C=O) groups is 3. The van der Waals surface area contributed by atoms with E-state index in [0.717, 1.165) is 0 Å². The van der Waals surface area contributed by atoms with E-state index in [4.69, 9.17) is 9.47 Å². The van der Waals surface area contributed by atoms with Crippen LogP contribution in [0.3, 0.4) is 0 Å². The predicted octanol–water partition coefficient (Wildman–Crippen LogP) is 1.97. The van der Waals surface area contributed by atoms with Gasteiger partial charge in [-0.2, -0.15) is 0 Å². The van der Waals surface area contributed by atoms with Crippen LogP contribution in [-0.4, -0.2) is 44.5 Å². The lowest BCUT2D eigenvalue weighted by Crippen LogP contribution is -2.34. The summed E-state index contributed by atoms with van der Waals surface area (Å²) in [6, 6.07) is 13.4. The molecule has 0 aliphatic carbocycles. The summed E-state index contributed by atoms with van der Waals surface area (Å²) in [6.07, 6.45) is 0.409. The number of hydrogen-bond acceptors (Lipinski definition) is 5. The highest BCUT2D eigenvalue weighted by atomic mass is 16.5. The monoisotopic (exact) mass is 399 g/mol. The zero-order valence-electron chi connectivity index (χ0n) is 16.5. The molecule has 3 N–H and O–H groups in total. The van der Waals surface area contributed by atoms with Crippen LogP contribution in [0.25, 0.3) is 0 Å². The first kappa shape index (κ1) is 21.7. The van der Waals surface area contributed by atoms with Gasteiger partial charge in [-0.25, -0.2) is 0 Å². The minimum Gasteiger partial charge on any atom is -0.497 e. The minimum absolute atomic E-state index is 0.0599. The maximum Gasteiger partial charge on any atom is 0.262 e. The van der Waals surface area contributed by atoms with Crippen LogP contribution in [0.5, 0.6) is 11.5 Å². The van der Waals surface area contributed by atoms with Crippen LogP contribution in [0.1, 0.15) is 23.7 Å². The Balaban J connectivity index is 1.74. The Morgan fingerprint density at radius 3 is 2.07 bits per heavy atom. The smallest absolute Gasteiger partial charge is 0.262 e. The summed E-state index contributed by atoms with van der Waals surface area (Å²) in [5.41, 5.74) is 1.01. The number of amides is 3. The summed E-state index contributed by atoms with van der Waals surface area (Å²) in [5, 5.41) is 8.10. The maximum atomic E-state index is 12.1. The first-order chi connectivity index (χ1) is 14.0. The molecule has 0 fully saturated rings. The van der Waals surface area contributed by atoms with E-state index < -0.39 is 0 Å². The molecule has 0 aromatic heterocycles. The zero-order chi connectivity index (χ0) is 21.1. The lowest BCUT2D eigenvalue weighted by atomic mass is 10.2. The van der Waals surface area contributed by atoms with Gasteiger partial charge < -0.3 is 25.4 Å². The SMILES string of the molecule is CCC(=O)NCCNC(=O)c1ccc(NC(=O)COc2ccc(OC)cc2)cc1. The van der Waals surface area contributed by atoms with Crippen molar-refractivity contribution in [3.63, 3.8) is 0 Å². The van der Waals surface area contributed by atoms with Crippen LogP contribution in [0.4, 0.5) is 5.69 Å². The molecule has 0 saturated carbocycles. The molecular weight excluding hydrogens is 374 g/mol. The molecule has 8 heteroatoms. The van der Waals surface area contributed by atoms with Gasteiger partial charge in [-0.1, -0.05) is 6.92 Å². The van der Waals surface area contributed by atoms with E-state index in [1.165, 1.54) is 0 Å². The number of rotatable bonds is 10. The van der Waals surface area contributed by atoms with Crippen molar-refractivity contribution >= 4 is 23.4 Å². The third-order valence-corrected chi connectivity index (χ3v) is 3.91. The lowest BCUT2D eigenvalue weighted by Gasteiger charge is -2.09. The molecule has 3 amide bonds. The van der Waals surface area contributed by atoms with E-state index in [2.05, 4.69) is 16.0 Å². The van der Waals surface area contributed by atoms with Gasteiger partial charge in [0.25, 0.3) is 11.8 Å². The van der Waals surface area contributed by atoms with E-state index in [0.29, 0.717) is 42.3 Å². The molecule has 2 aromatic rings. The van der Waals surface area contributed by atoms with Crippen molar-refractivity contribution in [2.24, 2.45) is 0 Å². The van der Waals surface area contributed by atoms with Crippen molar-refractivity contribution < 1.29 is 23.9 Å². The van der Waals surface area contributed by atoms with Crippen LogP contribution in [-0.2, 0) is 9.59 Å². The topological polar surface area (TPSA) is 106 Å². The fourth-order valence-electron chi connectivity index (χ4n) is 2.33. The molecule has 0 atom stereocenters. The third kappa shape index (κ3) is 7.53. The summed E-state index contributed by atoms with van der Waals surface area (Å²) in [5.74, 6) is 0.635. The van der Waals surface area contributed by atoms with Gasteiger partial charge in [0, 0.05) is 30.8 Å². The Labute approximate surface area is 169 Å². The van der Waals surface area contributed by atoms with E-state index in [1.54, 1.807) is 62.6 Å². The molecule has 0 heterocycles. The molecule has 0 aliphatic heterocycles. The molecule has 0 aliphatic rings. The average Bonchev–Trinajstić information content (AvgIpc) is 2.75. The van der Waals surface area contributed by atoms with Crippen molar-refractivity contribution in [2.75, 3.05) is 32.1 Å². The molecule has 29 heavy (non-hydrogen) atoms. The molecule has 0 unspecified atom stereocenters. The van der Waals surface area contributed by atoms with Gasteiger partial charge in [0.1, 0.15) is 11.5 Å². The molecule has 0 bridgehead atoms. The Morgan fingerprint density at radius 1 is 0.828 bits per heavy atom. The normalized spacial score (nSPS) is 10.0. The maximum absolute atomic E-state index is 12.1. The molecule has 154 valence electrons. The van der Waals surface area contributed by atoms with Crippen LogP contribution in [0.15, 0.2) is 48.5 Å². The highest BCUT2D eigenvalue weighted by Crippen LogP contribution is 2.17. The van der Waals surface area contributed by atoms with Crippen LogP contribution in [0.2, 0.25) is 0 Å². The van der Waals surface area contributed by atoms with Crippen LogP contribution < -0.4 is 25.4 Å². The number of nitrogens with one attached hydrogen (secondary N) is 3. The number of benzene rings is 2. The van der Waals surface area contributed by atoms with E-state index in [9.17, 15) is 14.4 Å². The molecule has 2 aromatic carbocycles. The van der Waals surface area contributed by atoms with Crippen molar-refractivity contribution in [1.82, 2.24) is 10.6 Å². The summed E-state index contributed by atoms with van der Waals surface area (Å²) in [7, 11) is 1.57. The van der Waals surface area contributed by atoms with Crippen molar-refractivity contribution in [3.05, 3.63) is 54.1 Å². The van der Waals surface area contributed by atoms with Crippen molar-refractivity contribution in [3.8, 4) is 11.5 Å². The zero-order valence-corrected chi connectivity index (χ0v) is 16.5. The van der Waals surface area contributed by atoms with E-state index in [-0.39, 0.29) is 24.3 Å². The number of hydrogen-bond donors (Lipinski definition) is 3. The Bertz CT molecular complexity index is 819. The molecule has 0 radical (unpaired) electrons. The Hall–Kier alpha value is -3.55. The van der Waals surface area contributed by atoms with Gasteiger partial charge in [0.15, 0.2) is 6.61 Å². The lowest BCUT2D eigenvalue weighted by molar-refractivity contribution is -0.120. The third-order valence-electron chi connectivity index (χ3n) is 3.91. The van der Waals surface area contributed by atoms with Gasteiger partial charge in [0.2, 0.25) is 5.91 Å². The molecule has 0 saturated heterocycles. The van der Waals surface area contributed by atoms with E-state index >= 15 is 0 Å². The highest BCUT2D eigenvalue weighted by Gasteiger charge is 2.07. The largest absolute Gasteiger partial charge is 0.497 e. The minimum atomic E-state index is -0.315. The highest BCUT2D eigenvalue weighted by molar-refractivity contribution is 5.96. The summed E-state index contributed by atoms with van der Waals surface area (Å²) in [6.45, 7) is 2.34. The van der Waals surface area contributed by atoms with Gasteiger partial charge >= 0.3 is 0 Å². The van der Waals surface area contributed by atoms with Crippen molar-refractivity contribution in [1.29, 1.82) is 0 Å². The van der Waals surface area contributed by atoms with Gasteiger partial charge in [-0.05, 0) is 48.5 Å². The van der Waals surface area contributed by atoms with Gasteiger partial charge in [-0.15, -0.1) is 0 Å². The van der Waals surface area contributed by atoms with Gasteiger partial charge in [-0.3, -0.25) is 14.4 Å². The fourth-order valence-corrected chi connectivity index (χ4v) is 2.33. The molecule has 8 nitrogen and oxygen atoms in total. The quantitative estimate of drug-likeness (QED) is 0.530. The van der Waals surface area contributed by atoms with Crippen LogP contribution in [0, 0.1) is 0 Å². The first-order valence-electron chi connectivity index (χ1n) is 9.23. The molecule has 0 spiro atoms. The number of methoxy groups -OCH3 is 1. The van der Waals surface area contributed by atoms with Crippen molar-refractivity contribution in [2.45, 2.75) is 13.3 Å². The Kier molecular flexibility index (Phi) is 8.50. The van der Waals surface area contributed by atoms with Crippen LogP contribution >= 0.6 is 0 Å². The van der Waals surface area contributed by atoms with E-state index in [1.807, 2.05) is 0 Å². The second-order valence-corrected chi connectivity index (χ2v) is 6.05. The fraction of sp³-hybridized carbons (Fsp3) is 0.286. The number of ether oxygens (including phenoxy) is 2. The summed E-state index contributed by atoms with van der Waals surface area (Å²) < 4.78 is 10.5. The first-order valence-corrected chi connectivity index (χ1v) is 9.23. The summed E-state index contributed by atoms with van der Waals surface area (Å²) in [4.78, 5) is 35.2. The number of carbonyl (C=O) groups excluding carboxylic acids is 3. The molecular formula is C21H25N3O5.